The van der Waals surface area contributed by atoms with Crippen molar-refractivity contribution in [2.24, 2.45) is 5.41 Å². The standard InChI is InChI=1S/C12H23N3S/c1-5-13-8-6-7-10-14-15-11(16-10)9-12(2,3)4/h13H,5-9H2,1-4H3. The molecule has 0 fully saturated rings. The molecule has 0 aliphatic heterocycles. The molecule has 0 saturated carbocycles. The van der Waals surface area contributed by atoms with E-state index in [1.807, 2.05) is 0 Å². The van der Waals surface area contributed by atoms with Crippen LogP contribution in [0, 0.1) is 5.41 Å². The molecule has 0 bridgehead atoms. The number of aryl methyl sites for hydroxylation is 1. The first-order chi connectivity index (χ1) is 7.51. The molecule has 3 nitrogen and oxygen atoms in total. The molecule has 0 unspecified atom stereocenters. The van der Waals surface area contributed by atoms with Gasteiger partial charge in [-0.15, -0.1) is 21.5 Å². The Labute approximate surface area is 103 Å². The Morgan fingerprint density at radius 1 is 1.19 bits per heavy atom. The fourth-order valence-corrected chi connectivity index (χ4v) is 2.64. The maximum Gasteiger partial charge on any atom is 0.117 e. The van der Waals surface area contributed by atoms with Crippen molar-refractivity contribution >= 4 is 11.3 Å². The lowest BCUT2D eigenvalue weighted by atomic mass is 9.93. The third-order valence-electron chi connectivity index (χ3n) is 2.18. The summed E-state index contributed by atoms with van der Waals surface area (Å²) in [7, 11) is 0. The molecule has 1 aromatic heterocycles. The van der Waals surface area contributed by atoms with Gasteiger partial charge in [0.05, 0.1) is 0 Å². The van der Waals surface area contributed by atoms with Crippen molar-refractivity contribution in [2.75, 3.05) is 13.1 Å². The van der Waals surface area contributed by atoms with E-state index in [-0.39, 0.29) is 0 Å². The minimum absolute atomic E-state index is 0.306. The average Bonchev–Trinajstić information content (AvgIpc) is 2.58. The molecule has 4 heteroatoms. The summed E-state index contributed by atoms with van der Waals surface area (Å²) < 4.78 is 0. The monoisotopic (exact) mass is 241 g/mol. The van der Waals surface area contributed by atoms with Crippen LogP contribution < -0.4 is 5.32 Å². The first-order valence-electron chi connectivity index (χ1n) is 6.03. The molecule has 1 aromatic rings. The highest BCUT2D eigenvalue weighted by Gasteiger charge is 2.14. The van der Waals surface area contributed by atoms with Gasteiger partial charge in [-0.25, -0.2) is 0 Å². The van der Waals surface area contributed by atoms with Gasteiger partial charge in [0.1, 0.15) is 10.0 Å². The van der Waals surface area contributed by atoms with Gasteiger partial charge >= 0.3 is 0 Å². The van der Waals surface area contributed by atoms with Gasteiger partial charge in [-0.05, 0) is 24.9 Å². The van der Waals surface area contributed by atoms with E-state index in [1.54, 1.807) is 11.3 Å². The molecule has 0 radical (unpaired) electrons. The second kappa shape index (κ2) is 6.30. The molecular formula is C12H23N3S. The number of nitrogens with one attached hydrogen (secondary N) is 1. The number of rotatable bonds is 6. The third kappa shape index (κ3) is 5.56. The first kappa shape index (κ1) is 13.6. The zero-order valence-electron chi connectivity index (χ0n) is 10.8. The van der Waals surface area contributed by atoms with Crippen LogP contribution in [-0.2, 0) is 12.8 Å². The zero-order chi connectivity index (χ0) is 12.0. The van der Waals surface area contributed by atoms with Crippen molar-refractivity contribution < 1.29 is 0 Å². The summed E-state index contributed by atoms with van der Waals surface area (Å²) in [6.07, 6.45) is 3.23. The summed E-state index contributed by atoms with van der Waals surface area (Å²) in [5, 5.41) is 14.2. The second-order valence-corrected chi connectivity index (χ2v) is 6.43. The van der Waals surface area contributed by atoms with E-state index < -0.39 is 0 Å². The van der Waals surface area contributed by atoms with E-state index in [9.17, 15) is 0 Å². The van der Waals surface area contributed by atoms with E-state index in [0.717, 1.165) is 32.4 Å². The Morgan fingerprint density at radius 2 is 1.88 bits per heavy atom. The quantitative estimate of drug-likeness (QED) is 0.778. The van der Waals surface area contributed by atoms with E-state index in [2.05, 4.69) is 43.2 Å². The summed E-state index contributed by atoms with van der Waals surface area (Å²) in [4.78, 5) is 0. The molecule has 0 atom stereocenters. The number of hydrogen-bond acceptors (Lipinski definition) is 4. The molecule has 92 valence electrons. The van der Waals surface area contributed by atoms with Crippen LogP contribution in [-0.4, -0.2) is 23.3 Å². The number of hydrogen-bond donors (Lipinski definition) is 1. The summed E-state index contributed by atoms with van der Waals surface area (Å²) in [5.41, 5.74) is 0.306. The molecular weight excluding hydrogens is 218 g/mol. The highest BCUT2D eigenvalue weighted by molar-refractivity contribution is 7.11. The van der Waals surface area contributed by atoms with Gasteiger partial charge in [-0.2, -0.15) is 0 Å². The van der Waals surface area contributed by atoms with Crippen molar-refractivity contribution in [1.82, 2.24) is 15.5 Å². The van der Waals surface area contributed by atoms with Crippen molar-refractivity contribution in [3.63, 3.8) is 0 Å². The van der Waals surface area contributed by atoms with Gasteiger partial charge in [0.2, 0.25) is 0 Å². The largest absolute Gasteiger partial charge is 0.317 e. The lowest BCUT2D eigenvalue weighted by molar-refractivity contribution is 0.409. The van der Waals surface area contributed by atoms with Crippen molar-refractivity contribution in [3.05, 3.63) is 10.0 Å². The van der Waals surface area contributed by atoms with Gasteiger partial charge < -0.3 is 5.32 Å². The van der Waals surface area contributed by atoms with E-state index >= 15 is 0 Å². The van der Waals surface area contributed by atoms with Gasteiger partial charge in [-0.1, -0.05) is 27.7 Å². The Hall–Kier alpha value is -0.480. The lowest BCUT2D eigenvalue weighted by Crippen LogP contribution is -2.14. The van der Waals surface area contributed by atoms with Crippen LogP contribution in [0.4, 0.5) is 0 Å². The third-order valence-corrected chi connectivity index (χ3v) is 3.17. The molecule has 1 N–H and O–H groups in total. The number of nitrogens with zero attached hydrogens (tertiary/aromatic N) is 2. The fraction of sp³-hybridized carbons (Fsp3) is 0.833. The van der Waals surface area contributed by atoms with Crippen LogP contribution in [0.1, 0.15) is 44.1 Å². The molecule has 16 heavy (non-hydrogen) atoms. The van der Waals surface area contributed by atoms with Crippen molar-refractivity contribution in [1.29, 1.82) is 0 Å². The number of aromatic nitrogens is 2. The Bertz CT molecular complexity index is 301. The molecule has 0 saturated heterocycles. The van der Waals surface area contributed by atoms with Gasteiger partial charge in [0.25, 0.3) is 0 Å². The summed E-state index contributed by atoms with van der Waals surface area (Å²) in [6.45, 7) is 11.0. The second-order valence-electron chi connectivity index (χ2n) is 5.28. The Kier molecular flexibility index (Phi) is 5.35. The van der Waals surface area contributed by atoms with Crippen LogP contribution in [0.3, 0.4) is 0 Å². The van der Waals surface area contributed by atoms with Crippen LogP contribution in [0.25, 0.3) is 0 Å². The first-order valence-corrected chi connectivity index (χ1v) is 6.85. The van der Waals surface area contributed by atoms with Crippen LogP contribution in [0.5, 0.6) is 0 Å². The molecule has 1 heterocycles. The molecule has 0 aliphatic rings. The smallest absolute Gasteiger partial charge is 0.117 e. The maximum absolute atomic E-state index is 4.25. The van der Waals surface area contributed by atoms with E-state index in [1.165, 1.54) is 10.0 Å². The maximum atomic E-state index is 4.25. The minimum Gasteiger partial charge on any atom is -0.317 e. The van der Waals surface area contributed by atoms with Crippen molar-refractivity contribution in [2.45, 2.75) is 47.0 Å². The Morgan fingerprint density at radius 3 is 2.50 bits per heavy atom. The van der Waals surface area contributed by atoms with E-state index in [0.29, 0.717) is 5.41 Å². The summed E-state index contributed by atoms with van der Waals surface area (Å²) in [5.74, 6) is 0. The average molecular weight is 241 g/mol. The van der Waals surface area contributed by atoms with Crippen LogP contribution in [0.15, 0.2) is 0 Å². The molecule has 1 rings (SSSR count). The summed E-state index contributed by atoms with van der Waals surface area (Å²) in [6, 6.07) is 0. The van der Waals surface area contributed by atoms with Gasteiger partial charge in [0, 0.05) is 12.8 Å². The topological polar surface area (TPSA) is 37.8 Å². The van der Waals surface area contributed by atoms with E-state index in [4.69, 9.17) is 0 Å². The van der Waals surface area contributed by atoms with Gasteiger partial charge in [-0.3, -0.25) is 0 Å². The highest BCUT2D eigenvalue weighted by atomic mass is 32.1. The highest BCUT2D eigenvalue weighted by Crippen LogP contribution is 2.23. The van der Waals surface area contributed by atoms with Crippen molar-refractivity contribution in [3.8, 4) is 0 Å². The lowest BCUT2D eigenvalue weighted by Gasteiger charge is -2.14. The predicted molar refractivity (Wildman–Crippen MR) is 69.9 cm³/mol. The van der Waals surface area contributed by atoms with Crippen LogP contribution >= 0.6 is 11.3 Å². The Balaban J connectivity index is 2.34. The normalized spacial score (nSPS) is 12.0. The fourth-order valence-electron chi connectivity index (χ4n) is 1.46. The predicted octanol–water partition coefficient (Wildman–Crippen LogP) is 2.67. The molecule has 0 aliphatic carbocycles. The summed E-state index contributed by atoms with van der Waals surface area (Å²) >= 11 is 1.77. The molecule has 0 spiro atoms. The van der Waals surface area contributed by atoms with Crippen LogP contribution in [0.2, 0.25) is 0 Å². The van der Waals surface area contributed by atoms with Gasteiger partial charge in [0.15, 0.2) is 0 Å². The SMILES string of the molecule is CCNCCCc1nnc(CC(C)(C)C)s1. The minimum atomic E-state index is 0.306. The molecule has 0 amide bonds. The molecule has 0 aromatic carbocycles. The zero-order valence-corrected chi connectivity index (χ0v) is 11.7.